The lowest BCUT2D eigenvalue weighted by molar-refractivity contribution is 0.394. The minimum absolute atomic E-state index is 0.492. The largest absolute Gasteiger partial charge is 0.481 e. The van der Waals surface area contributed by atoms with Gasteiger partial charge in [0, 0.05) is 24.1 Å². The normalized spacial score (nSPS) is 13.2. The Morgan fingerprint density at radius 1 is 1.00 bits per heavy atom. The van der Waals surface area contributed by atoms with Crippen LogP contribution >= 0.6 is 0 Å². The van der Waals surface area contributed by atoms with Gasteiger partial charge in [0.15, 0.2) is 0 Å². The minimum Gasteiger partial charge on any atom is -0.481 e. The summed E-state index contributed by atoms with van der Waals surface area (Å²) in [6.07, 6.45) is 12.5. The summed E-state index contributed by atoms with van der Waals surface area (Å²) in [5.41, 5.74) is 2.91. The maximum Gasteiger partial charge on any atom is 0.222 e. The molecule has 0 saturated heterocycles. The van der Waals surface area contributed by atoms with Crippen LogP contribution in [-0.4, -0.2) is 23.1 Å². The second kappa shape index (κ2) is 11.6. The molecule has 0 fully saturated rings. The molecule has 0 spiro atoms. The Hall–Kier alpha value is -2.10. The van der Waals surface area contributed by atoms with Crippen LogP contribution in [0, 0.1) is 5.92 Å². The Labute approximate surface area is 164 Å². The van der Waals surface area contributed by atoms with E-state index in [0.29, 0.717) is 11.9 Å². The summed E-state index contributed by atoms with van der Waals surface area (Å²) in [5.74, 6) is 1.46. The summed E-state index contributed by atoms with van der Waals surface area (Å²) < 4.78 is 5.38. The highest BCUT2D eigenvalue weighted by Gasteiger charge is 2.13. The highest BCUT2D eigenvalue weighted by atomic mass is 16.5. The standard InChI is InChI=1S/C23H35N3O/c1-5-8-10-18(6-2)12-13-19(7-3)26-20-14-16-24-22(17-20)21-11-9-15-25-23(21)27-4/h9,11,14-19H,5-8,10,12-13H2,1-4H3,(H,24,26). The average molecular weight is 370 g/mol. The first kappa shape index (κ1) is 21.2. The van der Waals surface area contributed by atoms with Gasteiger partial charge in [-0.1, -0.05) is 46.5 Å². The zero-order valence-corrected chi connectivity index (χ0v) is 17.4. The molecule has 27 heavy (non-hydrogen) atoms. The topological polar surface area (TPSA) is 47.0 Å². The van der Waals surface area contributed by atoms with E-state index in [2.05, 4.69) is 42.1 Å². The molecule has 0 aromatic carbocycles. The van der Waals surface area contributed by atoms with E-state index in [4.69, 9.17) is 4.74 Å². The fraction of sp³-hybridized carbons (Fsp3) is 0.565. The molecule has 0 saturated carbocycles. The van der Waals surface area contributed by atoms with Crippen molar-refractivity contribution in [2.24, 2.45) is 5.92 Å². The van der Waals surface area contributed by atoms with E-state index >= 15 is 0 Å². The van der Waals surface area contributed by atoms with Crippen molar-refractivity contribution in [3.8, 4) is 17.1 Å². The van der Waals surface area contributed by atoms with E-state index in [0.717, 1.165) is 29.3 Å². The summed E-state index contributed by atoms with van der Waals surface area (Å²) in [7, 11) is 1.64. The van der Waals surface area contributed by atoms with Gasteiger partial charge in [0.2, 0.25) is 5.88 Å². The van der Waals surface area contributed by atoms with Gasteiger partial charge in [-0.25, -0.2) is 4.98 Å². The van der Waals surface area contributed by atoms with Gasteiger partial charge in [-0.05, 0) is 49.4 Å². The van der Waals surface area contributed by atoms with Crippen molar-refractivity contribution in [2.45, 2.75) is 71.8 Å². The Morgan fingerprint density at radius 3 is 2.56 bits per heavy atom. The summed E-state index contributed by atoms with van der Waals surface area (Å²) in [4.78, 5) is 8.79. The molecule has 2 aromatic heterocycles. The van der Waals surface area contributed by atoms with E-state index in [-0.39, 0.29) is 0 Å². The highest BCUT2D eigenvalue weighted by Crippen LogP contribution is 2.28. The van der Waals surface area contributed by atoms with Crippen LogP contribution in [0.5, 0.6) is 5.88 Å². The molecule has 0 aliphatic rings. The second-order valence-corrected chi connectivity index (χ2v) is 7.23. The van der Waals surface area contributed by atoms with Crippen molar-refractivity contribution in [1.82, 2.24) is 9.97 Å². The molecule has 0 aliphatic heterocycles. The zero-order valence-electron chi connectivity index (χ0n) is 17.4. The third-order valence-electron chi connectivity index (χ3n) is 5.33. The van der Waals surface area contributed by atoms with Crippen LogP contribution in [-0.2, 0) is 0 Å². The molecule has 0 amide bonds. The number of pyridine rings is 2. The van der Waals surface area contributed by atoms with Gasteiger partial charge in [-0.2, -0.15) is 0 Å². The number of aromatic nitrogens is 2. The number of unbranched alkanes of at least 4 members (excludes halogenated alkanes) is 1. The molecular weight excluding hydrogens is 334 g/mol. The molecule has 0 bridgehead atoms. The molecule has 2 unspecified atom stereocenters. The smallest absolute Gasteiger partial charge is 0.222 e. The SMILES string of the molecule is CCCCC(CC)CCC(CC)Nc1ccnc(-c2cccnc2OC)c1. The Bertz CT molecular complexity index is 674. The fourth-order valence-corrected chi connectivity index (χ4v) is 3.51. The van der Waals surface area contributed by atoms with Gasteiger partial charge in [-0.15, -0.1) is 0 Å². The maximum atomic E-state index is 5.38. The third kappa shape index (κ3) is 6.53. The van der Waals surface area contributed by atoms with E-state index in [1.807, 2.05) is 24.4 Å². The van der Waals surface area contributed by atoms with Gasteiger partial charge >= 0.3 is 0 Å². The molecule has 2 heterocycles. The van der Waals surface area contributed by atoms with E-state index in [1.54, 1.807) is 13.3 Å². The summed E-state index contributed by atoms with van der Waals surface area (Å²) in [6.45, 7) is 6.86. The lowest BCUT2D eigenvalue weighted by Crippen LogP contribution is -2.19. The molecular formula is C23H35N3O. The van der Waals surface area contributed by atoms with Crippen molar-refractivity contribution < 1.29 is 4.74 Å². The van der Waals surface area contributed by atoms with Crippen LogP contribution in [0.2, 0.25) is 0 Å². The number of ether oxygens (including phenoxy) is 1. The minimum atomic E-state index is 0.492. The quantitative estimate of drug-likeness (QED) is 0.474. The van der Waals surface area contributed by atoms with Gasteiger partial charge < -0.3 is 10.1 Å². The maximum absolute atomic E-state index is 5.38. The fourth-order valence-electron chi connectivity index (χ4n) is 3.51. The van der Waals surface area contributed by atoms with Crippen LogP contribution in [0.4, 0.5) is 5.69 Å². The molecule has 2 aromatic rings. The zero-order chi connectivity index (χ0) is 19.5. The van der Waals surface area contributed by atoms with Crippen LogP contribution in [0.1, 0.15) is 65.7 Å². The van der Waals surface area contributed by atoms with Gasteiger partial charge in [0.05, 0.1) is 18.4 Å². The second-order valence-electron chi connectivity index (χ2n) is 7.23. The lowest BCUT2D eigenvalue weighted by atomic mass is 9.92. The molecule has 148 valence electrons. The van der Waals surface area contributed by atoms with Crippen LogP contribution in [0.15, 0.2) is 36.7 Å². The van der Waals surface area contributed by atoms with Crippen molar-refractivity contribution >= 4 is 5.69 Å². The molecule has 4 nitrogen and oxygen atoms in total. The number of nitrogens with one attached hydrogen (secondary N) is 1. The van der Waals surface area contributed by atoms with Crippen molar-refractivity contribution in [1.29, 1.82) is 0 Å². The first-order valence-electron chi connectivity index (χ1n) is 10.4. The van der Waals surface area contributed by atoms with Crippen LogP contribution in [0.25, 0.3) is 11.3 Å². The molecule has 4 heteroatoms. The van der Waals surface area contributed by atoms with Crippen molar-refractivity contribution in [2.75, 3.05) is 12.4 Å². The molecule has 0 aliphatic carbocycles. The van der Waals surface area contributed by atoms with E-state index in [9.17, 15) is 0 Å². The van der Waals surface area contributed by atoms with Crippen LogP contribution in [0.3, 0.4) is 0 Å². The summed E-state index contributed by atoms with van der Waals surface area (Å²) in [5, 5.41) is 3.71. The van der Waals surface area contributed by atoms with E-state index < -0.39 is 0 Å². The predicted octanol–water partition coefficient (Wildman–Crippen LogP) is 6.34. The Kier molecular flexibility index (Phi) is 9.09. The van der Waals surface area contributed by atoms with Crippen LogP contribution < -0.4 is 10.1 Å². The number of hydrogen-bond donors (Lipinski definition) is 1. The highest BCUT2D eigenvalue weighted by molar-refractivity contribution is 5.68. The number of anilines is 1. The first-order chi connectivity index (χ1) is 13.2. The lowest BCUT2D eigenvalue weighted by Gasteiger charge is -2.22. The summed E-state index contributed by atoms with van der Waals surface area (Å²) >= 11 is 0. The van der Waals surface area contributed by atoms with Crippen molar-refractivity contribution in [3.63, 3.8) is 0 Å². The Morgan fingerprint density at radius 2 is 1.85 bits per heavy atom. The molecule has 0 radical (unpaired) electrons. The number of hydrogen-bond acceptors (Lipinski definition) is 4. The summed E-state index contributed by atoms with van der Waals surface area (Å²) in [6, 6.07) is 8.54. The number of methoxy groups -OCH3 is 1. The predicted molar refractivity (Wildman–Crippen MR) is 114 cm³/mol. The Balaban J connectivity index is 2.03. The molecule has 2 rings (SSSR count). The molecule has 2 atom stereocenters. The average Bonchev–Trinajstić information content (AvgIpc) is 2.73. The monoisotopic (exact) mass is 369 g/mol. The van der Waals surface area contributed by atoms with E-state index in [1.165, 1.54) is 38.5 Å². The molecule has 1 N–H and O–H groups in total. The van der Waals surface area contributed by atoms with Gasteiger partial charge in [0.25, 0.3) is 0 Å². The van der Waals surface area contributed by atoms with Gasteiger partial charge in [-0.3, -0.25) is 4.98 Å². The van der Waals surface area contributed by atoms with Crippen molar-refractivity contribution in [3.05, 3.63) is 36.7 Å². The van der Waals surface area contributed by atoms with Gasteiger partial charge in [0.1, 0.15) is 0 Å². The number of rotatable bonds is 12. The third-order valence-corrected chi connectivity index (χ3v) is 5.33. The number of nitrogens with zero attached hydrogens (tertiary/aromatic N) is 2. The first-order valence-corrected chi connectivity index (χ1v) is 10.4.